The largest absolute Gasteiger partial charge is 0.478 e. The summed E-state index contributed by atoms with van der Waals surface area (Å²) in [7, 11) is 0. The monoisotopic (exact) mass is 291 g/mol. The van der Waals surface area contributed by atoms with Crippen LogP contribution in [0.4, 0.5) is 4.39 Å². The van der Waals surface area contributed by atoms with Crippen molar-refractivity contribution >= 4 is 23.5 Å². The minimum atomic E-state index is -1.11. The van der Waals surface area contributed by atoms with Crippen molar-refractivity contribution in [1.29, 1.82) is 0 Å². The SMILES string of the molecule is O=C(CSc1ncccc1C(=O)O)c1ccccc1F. The lowest BCUT2D eigenvalue weighted by molar-refractivity contribution is 0.0692. The number of hydrogen-bond acceptors (Lipinski definition) is 4. The molecule has 1 N–H and O–H groups in total. The maximum atomic E-state index is 13.4. The van der Waals surface area contributed by atoms with Crippen LogP contribution in [0.2, 0.25) is 0 Å². The molecule has 1 aromatic heterocycles. The van der Waals surface area contributed by atoms with Gasteiger partial charge < -0.3 is 5.11 Å². The zero-order valence-electron chi connectivity index (χ0n) is 10.2. The van der Waals surface area contributed by atoms with Crippen LogP contribution in [-0.4, -0.2) is 27.6 Å². The molecule has 1 aromatic carbocycles. The van der Waals surface area contributed by atoms with Gasteiger partial charge in [-0.05, 0) is 24.3 Å². The molecule has 0 amide bonds. The molecule has 0 radical (unpaired) electrons. The number of hydrogen-bond donors (Lipinski definition) is 1. The Hall–Kier alpha value is -2.21. The van der Waals surface area contributed by atoms with Gasteiger partial charge in [-0.25, -0.2) is 14.2 Å². The smallest absolute Gasteiger partial charge is 0.338 e. The number of nitrogens with zero attached hydrogens (tertiary/aromatic N) is 1. The summed E-state index contributed by atoms with van der Waals surface area (Å²) in [4.78, 5) is 26.8. The van der Waals surface area contributed by atoms with E-state index in [-0.39, 0.29) is 21.9 Å². The van der Waals surface area contributed by atoms with Crippen molar-refractivity contribution in [2.45, 2.75) is 5.03 Å². The molecule has 0 aliphatic carbocycles. The number of aromatic nitrogens is 1. The van der Waals surface area contributed by atoms with Gasteiger partial charge >= 0.3 is 5.97 Å². The van der Waals surface area contributed by atoms with E-state index in [9.17, 15) is 14.0 Å². The summed E-state index contributed by atoms with van der Waals surface area (Å²) in [5.74, 6) is -2.18. The second kappa shape index (κ2) is 6.29. The number of carbonyl (C=O) groups excluding carboxylic acids is 1. The summed E-state index contributed by atoms with van der Waals surface area (Å²) in [6.45, 7) is 0. The lowest BCUT2D eigenvalue weighted by Crippen LogP contribution is -2.07. The highest BCUT2D eigenvalue weighted by atomic mass is 32.2. The van der Waals surface area contributed by atoms with Crippen LogP contribution in [0.1, 0.15) is 20.7 Å². The average molecular weight is 291 g/mol. The third-order valence-corrected chi connectivity index (χ3v) is 3.52. The van der Waals surface area contributed by atoms with Gasteiger partial charge in [-0.2, -0.15) is 0 Å². The van der Waals surface area contributed by atoms with E-state index in [4.69, 9.17) is 5.11 Å². The zero-order chi connectivity index (χ0) is 14.5. The van der Waals surface area contributed by atoms with E-state index in [2.05, 4.69) is 4.98 Å². The summed E-state index contributed by atoms with van der Waals surface area (Å²) < 4.78 is 13.4. The summed E-state index contributed by atoms with van der Waals surface area (Å²) in [5.41, 5.74) is 0.0200. The molecular formula is C14H10FNO3S. The molecule has 0 unspecified atom stereocenters. The van der Waals surface area contributed by atoms with E-state index >= 15 is 0 Å². The van der Waals surface area contributed by atoms with Crippen LogP contribution in [0.15, 0.2) is 47.6 Å². The molecule has 4 nitrogen and oxygen atoms in total. The van der Waals surface area contributed by atoms with Crippen molar-refractivity contribution < 1.29 is 19.1 Å². The normalized spacial score (nSPS) is 10.2. The number of halogens is 1. The fourth-order valence-electron chi connectivity index (χ4n) is 1.57. The Kier molecular flexibility index (Phi) is 4.47. The first kappa shape index (κ1) is 14.2. The molecule has 0 atom stereocenters. The highest BCUT2D eigenvalue weighted by Gasteiger charge is 2.15. The minimum absolute atomic E-state index is 0.00666. The van der Waals surface area contributed by atoms with Gasteiger partial charge in [0.15, 0.2) is 5.78 Å². The van der Waals surface area contributed by atoms with Crippen LogP contribution < -0.4 is 0 Å². The van der Waals surface area contributed by atoms with E-state index in [0.717, 1.165) is 11.8 Å². The number of carboxylic acid groups (broad SMARTS) is 1. The van der Waals surface area contributed by atoms with E-state index in [0.29, 0.717) is 0 Å². The lowest BCUT2D eigenvalue weighted by Gasteiger charge is -2.04. The molecule has 102 valence electrons. The topological polar surface area (TPSA) is 67.3 Å². The number of carbonyl (C=O) groups is 2. The molecule has 2 aromatic rings. The number of thioether (sulfide) groups is 1. The van der Waals surface area contributed by atoms with Gasteiger partial charge in [0.05, 0.1) is 16.9 Å². The average Bonchev–Trinajstić information content (AvgIpc) is 2.45. The number of benzene rings is 1. The van der Waals surface area contributed by atoms with E-state index in [1.807, 2.05) is 0 Å². The first-order chi connectivity index (χ1) is 9.59. The molecule has 0 bridgehead atoms. The first-order valence-corrected chi connectivity index (χ1v) is 6.67. The van der Waals surface area contributed by atoms with Crippen LogP contribution in [0.25, 0.3) is 0 Å². The van der Waals surface area contributed by atoms with Gasteiger partial charge in [0.2, 0.25) is 0 Å². The van der Waals surface area contributed by atoms with Crippen molar-refractivity contribution in [2.24, 2.45) is 0 Å². The maximum absolute atomic E-state index is 13.4. The fourth-order valence-corrected chi connectivity index (χ4v) is 2.44. The van der Waals surface area contributed by atoms with Gasteiger partial charge in [0, 0.05) is 6.20 Å². The van der Waals surface area contributed by atoms with E-state index in [1.165, 1.54) is 36.5 Å². The van der Waals surface area contributed by atoms with Crippen LogP contribution in [-0.2, 0) is 0 Å². The molecule has 2 rings (SSSR count). The molecular weight excluding hydrogens is 281 g/mol. The Labute approximate surface area is 118 Å². The fraction of sp³-hybridized carbons (Fsp3) is 0.0714. The lowest BCUT2D eigenvalue weighted by atomic mass is 10.1. The predicted octanol–water partition coefficient (Wildman–Crippen LogP) is 2.89. The van der Waals surface area contributed by atoms with Crippen molar-refractivity contribution in [3.63, 3.8) is 0 Å². The molecule has 0 aliphatic rings. The third-order valence-electron chi connectivity index (χ3n) is 2.52. The van der Waals surface area contributed by atoms with Crippen molar-refractivity contribution in [1.82, 2.24) is 4.98 Å². The Morgan fingerprint density at radius 1 is 1.15 bits per heavy atom. The van der Waals surface area contributed by atoms with Crippen LogP contribution in [0.5, 0.6) is 0 Å². The number of carboxylic acids is 1. The van der Waals surface area contributed by atoms with Crippen molar-refractivity contribution in [3.05, 3.63) is 59.5 Å². The Bertz CT molecular complexity index is 660. The zero-order valence-corrected chi connectivity index (χ0v) is 11.1. The Morgan fingerprint density at radius 2 is 1.85 bits per heavy atom. The van der Waals surface area contributed by atoms with Crippen LogP contribution in [0, 0.1) is 5.82 Å². The summed E-state index contributed by atoms with van der Waals surface area (Å²) >= 11 is 0.979. The number of ketones is 1. The standard InChI is InChI=1S/C14H10FNO3S/c15-11-6-2-1-4-9(11)12(17)8-20-13-10(14(18)19)5-3-7-16-13/h1-7H,8H2,(H,18,19). The predicted molar refractivity (Wildman–Crippen MR) is 72.7 cm³/mol. The van der Waals surface area contributed by atoms with Crippen LogP contribution in [0.3, 0.4) is 0 Å². The number of Topliss-reactive ketones (excluding diaryl/α,β-unsaturated/α-hetero) is 1. The van der Waals surface area contributed by atoms with Gasteiger partial charge in [-0.15, -0.1) is 0 Å². The first-order valence-electron chi connectivity index (χ1n) is 5.68. The highest BCUT2D eigenvalue weighted by Crippen LogP contribution is 2.21. The molecule has 0 fully saturated rings. The van der Waals surface area contributed by atoms with E-state index in [1.54, 1.807) is 6.07 Å². The quantitative estimate of drug-likeness (QED) is 0.677. The Balaban J connectivity index is 2.12. The van der Waals surface area contributed by atoms with Gasteiger partial charge in [-0.1, -0.05) is 23.9 Å². The Morgan fingerprint density at radius 3 is 2.55 bits per heavy atom. The third kappa shape index (κ3) is 3.21. The van der Waals surface area contributed by atoms with Crippen molar-refractivity contribution in [3.8, 4) is 0 Å². The molecule has 0 aliphatic heterocycles. The van der Waals surface area contributed by atoms with Crippen molar-refractivity contribution in [2.75, 3.05) is 5.75 Å². The van der Waals surface area contributed by atoms with Crippen LogP contribution >= 0.6 is 11.8 Å². The summed E-state index contributed by atoms with van der Waals surface area (Å²) in [6.07, 6.45) is 1.45. The van der Waals surface area contributed by atoms with E-state index < -0.39 is 17.6 Å². The molecule has 20 heavy (non-hydrogen) atoms. The highest BCUT2D eigenvalue weighted by molar-refractivity contribution is 8.00. The number of rotatable bonds is 5. The second-order valence-corrected chi connectivity index (χ2v) is 4.82. The molecule has 6 heteroatoms. The maximum Gasteiger partial charge on any atom is 0.338 e. The van der Waals surface area contributed by atoms with Gasteiger partial charge in [0.25, 0.3) is 0 Å². The van der Waals surface area contributed by atoms with Gasteiger partial charge in [-0.3, -0.25) is 4.79 Å². The molecule has 0 saturated carbocycles. The number of aromatic carboxylic acids is 1. The summed E-state index contributed by atoms with van der Waals surface area (Å²) in [6, 6.07) is 8.60. The van der Waals surface area contributed by atoms with Gasteiger partial charge in [0.1, 0.15) is 10.8 Å². The molecule has 0 saturated heterocycles. The minimum Gasteiger partial charge on any atom is -0.478 e. The summed E-state index contributed by atoms with van der Waals surface area (Å²) in [5, 5.41) is 9.23. The number of pyridine rings is 1. The molecule has 1 heterocycles. The second-order valence-electron chi connectivity index (χ2n) is 3.85. The molecule has 0 spiro atoms.